The molecule has 0 saturated carbocycles. The van der Waals surface area contributed by atoms with Crippen LogP contribution in [-0.4, -0.2) is 36.9 Å². The lowest BCUT2D eigenvalue weighted by Gasteiger charge is -2.09. The summed E-state index contributed by atoms with van der Waals surface area (Å²) in [5.74, 6) is -1.19. The van der Waals surface area contributed by atoms with E-state index in [-0.39, 0.29) is 11.5 Å². The number of carbonyl (C=O) groups excluding carboxylic acids is 1. The third kappa shape index (κ3) is 2.79. The van der Waals surface area contributed by atoms with Gasteiger partial charge in [-0.2, -0.15) is 0 Å². The van der Waals surface area contributed by atoms with Crippen LogP contribution in [0.25, 0.3) is 0 Å². The highest BCUT2D eigenvalue weighted by atomic mass is 19.1. The van der Waals surface area contributed by atoms with Crippen molar-refractivity contribution in [3.05, 3.63) is 41.8 Å². The second-order valence-corrected chi connectivity index (χ2v) is 3.32. The summed E-state index contributed by atoms with van der Waals surface area (Å²) in [5.41, 5.74) is -0.238. The molecule has 0 aliphatic carbocycles. The van der Waals surface area contributed by atoms with Gasteiger partial charge in [0.15, 0.2) is 11.6 Å². The van der Waals surface area contributed by atoms with E-state index in [0.29, 0.717) is 0 Å². The number of pyridine rings is 1. The lowest BCUT2D eigenvalue weighted by atomic mass is 10.2. The van der Waals surface area contributed by atoms with Crippen LogP contribution < -0.4 is 0 Å². The Hall–Kier alpha value is -1.91. The van der Waals surface area contributed by atoms with Crippen molar-refractivity contribution in [3.8, 4) is 0 Å². The van der Waals surface area contributed by atoms with Crippen molar-refractivity contribution in [1.29, 1.82) is 0 Å². The number of methoxy groups -OCH3 is 1. The first-order valence-corrected chi connectivity index (χ1v) is 4.63. The predicted molar refractivity (Wildman–Crippen MR) is 57.3 cm³/mol. The highest BCUT2D eigenvalue weighted by Crippen LogP contribution is 2.10. The quantitative estimate of drug-likeness (QED) is 0.441. The van der Waals surface area contributed by atoms with E-state index in [2.05, 4.69) is 4.98 Å². The molecule has 0 fully saturated rings. The fourth-order valence-corrected chi connectivity index (χ4v) is 1.11. The Morgan fingerprint density at radius 1 is 1.56 bits per heavy atom. The van der Waals surface area contributed by atoms with Gasteiger partial charge in [0.25, 0.3) is 0 Å². The molecule has 4 nitrogen and oxygen atoms in total. The average molecular weight is 224 g/mol. The Labute approximate surface area is 93.4 Å². The third-order valence-electron chi connectivity index (χ3n) is 1.79. The molecule has 0 saturated heterocycles. The number of rotatable bonds is 4. The van der Waals surface area contributed by atoms with Crippen LogP contribution in [0.2, 0.25) is 0 Å². The highest BCUT2D eigenvalue weighted by molar-refractivity contribution is 6.05. The molecule has 0 bridgehead atoms. The first-order valence-electron chi connectivity index (χ1n) is 4.63. The summed E-state index contributed by atoms with van der Waals surface area (Å²) in [6.07, 6.45) is 2.83. The molecule has 0 atom stereocenters. The molecule has 0 amide bonds. The zero-order chi connectivity index (χ0) is 12.1. The zero-order valence-electron chi connectivity index (χ0n) is 9.40. The second kappa shape index (κ2) is 5.25. The summed E-state index contributed by atoms with van der Waals surface area (Å²) in [6.45, 7) is 0. The molecule has 0 aliphatic rings. The number of hydrogen-bond donors (Lipinski definition) is 0. The van der Waals surface area contributed by atoms with Crippen LogP contribution in [-0.2, 0) is 4.74 Å². The summed E-state index contributed by atoms with van der Waals surface area (Å²) in [7, 11) is 4.83. The number of Topliss-reactive ketones (excluding diaryl/α,β-unsaturated/α-hetero) is 1. The lowest BCUT2D eigenvalue weighted by Crippen LogP contribution is -2.13. The molecular weight excluding hydrogens is 211 g/mol. The predicted octanol–water partition coefficient (Wildman–Crippen LogP) is 1.45. The van der Waals surface area contributed by atoms with E-state index >= 15 is 0 Å². The van der Waals surface area contributed by atoms with Gasteiger partial charge in [-0.3, -0.25) is 4.79 Å². The van der Waals surface area contributed by atoms with Crippen molar-refractivity contribution in [2.45, 2.75) is 0 Å². The summed E-state index contributed by atoms with van der Waals surface area (Å²) >= 11 is 0. The summed E-state index contributed by atoms with van der Waals surface area (Å²) < 4.78 is 18.2. The number of halogens is 1. The van der Waals surface area contributed by atoms with Gasteiger partial charge in [-0.1, -0.05) is 0 Å². The summed E-state index contributed by atoms with van der Waals surface area (Å²) in [5, 5.41) is 0. The van der Waals surface area contributed by atoms with Crippen molar-refractivity contribution < 1.29 is 13.9 Å². The van der Waals surface area contributed by atoms with Crippen molar-refractivity contribution >= 4 is 5.78 Å². The molecule has 1 aromatic heterocycles. The Kier molecular flexibility index (Phi) is 3.99. The highest BCUT2D eigenvalue weighted by Gasteiger charge is 2.18. The maximum atomic E-state index is 13.3. The number of hydrogen-bond acceptors (Lipinski definition) is 4. The molecule has 1 aromatic rings. The van der Waals surface area contributed by atoms with Gasteiger partial charge in [0.1, 0.15) is 5.69 Å². The van der Waals surface area contributed by atoms with Crippen LogP contribution in [0.4, 0.5) is 4.39 Å². The van der Waals surface area contributed by atoms with Crippen molar-refractivity contribution in [1.82, 2.24) is 9.88 Å². The van der Waals surface area contributed by atoms with Gasteiger partial charge in [-0.15, -0.1) is 0 Å². The molecule has 1 heterocycles. The van der Waals surface area contributed by atoms with E-state index < -0.39 is 11.6 Å². The van der Waals surface area contributed by atoms with Gasteiger partial charge in [0.2, 0.25) is 5.78 Å². The van der Waals surface area contributed by atoms with E-state index in [9.17, 15) is 9.18 Å². The number of carbonyl (C=O) groups is 1. The van der Waals surface area contributed by atoms with Crippen LogP contribution in [0, 0.1) is 5.82 Å². The lowest BCUT2D eigenvalue weighted by molar-refractivity contribution is 0.0939. The van der Waals surface area contributed by atoms with Crippen molar-refractivity contribution in [3.63, 3.8) is 0 Å². The van der Waals surface area contributed by atoms with Crippen LogP contribution in [0.1, 0.15) is 10.5 Å². The number of ketones is 1. The molecule has 5 heteroatoms. The van der Waals surface area contributed by atoms with Crippen molar-refractivity contribution in [2.75, 3.05) is 21.2 Å². The minimum atomic E-state index is -0.658. The van der Waals surface area contributed by atoms with Crippen molar-refractivity contribution in [2.24, 2.45) is 0 Å². The fourth-order valence-electron chi connectivity index (χ4n) is 1.11. The maximum Gasteiger partial charge on any atom is 0.250 e. The van der Waals surface area contributed by atoms with E-state index in [1.807, 2.05) is 0 Å². The fraction of sp³-hybridized carbons (Fsp3) is 0.273. The molecule has 0 aromatic carbocycles. The van der Waals surface area contributed by atoms with Gasteiger partial charge in [0, 0.05) is 26.5 Å². The normalized spacial score (nSPS) is 11.1. The zero-order valence-corrected chi connectivity index (χ0v) is 9.40. The number of ether oxygens (including phenoxy) is 1. The van der Waals surface area contributed by atoms with Gasteiger partial charge < -0.3 is 9.64 Å². The second-order valence-electron chi connectivity index (χ2n) is 3.32. The van der Waals surface area contributed by atoms with Crippen LogP contribution in [0.3, 0.4) is 0 Å². The van der Waals surface area contributed by atoms with Gasteiger partial charge in [0.05, 0.1) is 7.11 Å². The van der Waals surface area contributed by atoms with Gasteiger partial charge >= 0.3 is 0 Å². The Bertz CT molecular complexity index is 416. The van der Waals surface area contributed by atoms with Crippen LogP contribution >= 0.6 is 0 Å². The molecule has 0 unspecified atom stereocenters. The van der Waals surface area contributed by atoms with Gasteiger partial charge in [-0.25, -0.2) is 9.37 Å². The molecule has 0 N–H and O–H groups in total. The molecular formula is C11H13FN2O2. The minimum absolute atomic E-state index is 0.0441. The maximum absolute atomic E-state index is 13.3. The van der Waals surface area contributed by atoms with Gasteiger partial charge in [-0.05, 0) is 12.1 Å². The number of aromatic nitrogens is 1. The van der Waals surface area contributed by atoms with E-state index in [4.69, 9.17) is 4.74 Å². The SMILES string of the molecule is CO/C(=C\N(C)C)C(=O)c1ncccc1F. The Morgan fingerprint density at radius 2 is 2.25 bits per heavy atom. The van der Waals surface area contributed by atoms with E-state index in [1.54, 1.807) is 19.0 Å². The van der Waals surface area contributed by atoms with E-state index in [0.717, 1.165) is 0 Å². The largest absolute Gasteiger partial charge is 0.491 e. The topological polar surface area (TPSA) is 42.4 Å². The smallest absolute Gasteiger partial charge is 0.250 e. The number of allylic oxidation sites excluding steroid dienone is 1. The molecule has 0 spiro atoms. The molecule has 16 heavy (non-hydrogen) atoms. The van der Waals surface area contributed by atoms with Crippen LogP contribution in [0.5, 0.6) is 0 Å². The summed E-state index contributed by atoms with van der Waals surface area (Å²) in [4.78, 5) is 17.1. The molecule has 86 valence electrons. The Morgan fingerprint density at radius 3 is 2.75 bits per heavy atom. The van der Waals surface area contributed by atoms with E-state index in [1.165, 1.54) is 31.6 Å². The molecule has 1 rings (SSSR count). The average Bonchev–Trinajstić information content (AvgIpc) is 2.25. The molecule has 0 radical (unpaired) electrons. The standard InChI is InChI=1S/C11H13FN2O2/c1-14(2)7-9(16-3)11(15)10-8(12)5-4-6-13-10/h4-7H,1-3H3/b9-7-. The minimum Gasteiger partial charge on any atom is -0.491 e. The first kappa shape index (κ1) is 12.2. The van der Waals surface area contributed by atoms with Crippen LogP contribution in [0.15, 0.2) is 30.3 Å². The molecule has 0 aliphatic heterocycles. The monoisotopic (exact) mass is 224 g/mol. The number of nitrogens with zero attached hydrogens (tertiary/aromatic N) is 2. The Balaban J connectivity index is 3.06. The third-order valence-corrected chi connectivity index (χ3v) is 1.79. The summed E-state index contributed by atoms with van der Waals surface area (Å²) in [6, 6.07) is 2.61. The first-order chi connectivity index (χ1) is 7.56.